The van der Waals surface area contributed by atoms with Crippen molar-refractivity contribution in [2.24, 2.45) is 0 Å². The largest absolute Gasteiger partial charge is 0.385 e. The van der Waals surface area contributed by atoms with Crippen LogP contribution in [-0.4, -0.2) is 42.5 Å². The summed E-state index contributed by atoms with van der Waals surface area (Å²) in [6.45, 7) is 3.77. The van der Waals surface area contributed by atoms with Crippen LogP contribution in [0.2, 0.25) is 0 Å². The summed E-state index contributed by atoms with van der Waals surface area (Å²) < 4.78 is 15.7. The summed E-state index contributed by atoms with van der Waals surface area (Å²) in [7, 11) is 1.00. The monoisotopic (exact) mass is 193 g/mol. The Hall–Kier alpha value is 0.0700. The van der Waals surface area contributed by atoms with Gasteiger partial charge in [-0.1, -0.05) is 0 Å². The lowest BCUT2D eigenvalue weighted by atomic mass is 10.3. The molecule has 0 aliphatic rings. The van der Waals surface area contributed by atoms with Gasteiger partial charge in [-0.2, -0.15) is 0 Å². The Balaban J connectivity index is 3.19. The van der Waals surface area contributed by atoms with Gasteiger partial charge in [-0.3, -0.25) is 4.21 Å². The molecule has 0 aliphatic heterocycles. The quantitative estimate of drug-likeness (QED) is 0.594. The highest BCUT2D eigenvalue weighted by Crippen LogP contribution is 1.86. The lowest BCUT2D eigenvalue weighted by Crippen LogP contribution is -2.32. The maximum Gasteiger partial charge on any atom is 0.0474 e. The van der Waals surface area contributed by atoms with Gasteiger partial charge in [0.15, 0.2) is 0 Å². The minimum atomic E-state index is -0.697. The second-order valence-corrected chi connectivity index (χ2v) is 4.42. The molecule has 0 saturated heterocycles. The van der Waals surface area contributed by atoms with E-state index in [4.69, 9.17) is 4.74 Å². The smallest absolute Gasteiger partial charge is 0.0474 e. The first kappa shape index (κ1) is 12.1. The van der Waals surface area contributed by atoms with Gasteiger partial charge in [0.25, 0.3) is 0 Å². The van der Waals surface area contributed by atoms with E-state index < -0.39 is 10.8 Å². The average molecular weight is 193 g/mol. The van der Waals surface area contributed by atoms with Crippen LogP contribution in [0.15, 0.2) is 0 Å². The van der Waals surface area contributed by atoms with Crippen LogP contribution in [0.1, 0.15) is 13.3 Å². The van der Waals surface area contributed by atoms with Crippen molar-refractivity contribution in [2.45, 2.75) is 19.4 Å². The van der Waals surface area contributed by atoms with Crippen molar-refractivity contribution in [3.8, 4) is 0 Å². The molecule has 0 amide bonds. The summed E-state index contributed by atoms with van der Waals surface area (Å²) in [6, 6.07) is 0.340. The van der Waals surface area contributed by atoms with E-state index in [0.717, 1.165) is 25.3 Å². The van der Waals surface area contributed by atoms with Crippen molar-refractivity contribution < 1.29 is 8.95 Å². The van der Waals surface area contributed by atoms with E-state index in [1.807, 2.05) is 6.92 Å². The van der Waals surface area contributed by atoms with Gasteiger partial charge in [0.1, 0.15) is 0 Å². The summed E-state index contributed by atoms with van der Waals surface area (Å²) >= 11 is 0. The third kappa shape index (κ3) is 8.17. The molecule has 4 heteroatoms. The van der Waals surface area contributed by atoms with Gasteiger partial charge >= 0.3 is 0 Å². The normalized spacial score (nSPS) is 15.9. The molecule has 3 nitrogen and oxygen atoms in total. The maximum atomic E-state index is 10.8. The Morgan fingerprint density at radius 3 is 2.75 bits per heavy atom. The van der Waals surface area contributed by atoms with Crippen molar-refractivity contribution in [1.29, 1.82) is 0 Å². The van der Waals surface area contributed by atoms with Crippen molar-refractivity contribution in [2.75, 3.05) is 32.3 Å². The highest BCUT2D eigenvalue weighted by Gasteiger charge is 2.01. The van der Waals surface area contributed by atoms with Crippen LogP contribution in [0.4, 0.5) is 0 Å². The molecule has 0 rings (SSSR count). The predicted octanol–water partition coefficient (Wildman–Crippen LogP) is 0.379. The molecule has 0 bridgehead atoms. The fourth-order valence-corrected chi connectivity index (χ4v) is 1.80. The van der Waals surface area contributed by atoms with Crippen LogP contribution in [0.25, 0.3) is 0 Å². The fraction of sp³-hybridized carbons (Fsp3) is 1.00. The number of nitrogens with one attached hydrogen (secondary N) is 1. The molecular weight excluding hydrogens is 174 g/mol. The zero-order valence-corrected chi connectivity index (χ0v) is 8.95. The number of hydrogen-bond donors (Lipinski definition) is 1. The average Bonchev–Trinajstić information content (AvgIpc) is 1.97. The van der Waals surface area contributed by atoms with Crippen molar-refractivity contribution >= 4 is 10.8 Å². The fourth-order valence-electron chi connectivity index (χ4n) is 0.976. The van der Waals surface area contributed by atoms with Crippen molar-refractivity contribution in [3.63, 3.8) is 0 Å². The van der Waals surface area contributed by atoms with Crippen molar-refractivity contribution in [3.05, 3.63) is 0 Å². The van der Waals surface area contributed by atoms with Gasteiger partial charge < -0.3 is 10.1 Å². The van der Waals surface area contributed by atoms with Crippen LogP contribution in [0.3, 0.4) is 0 Å². The van der Waals surface area contributed by atoms with E-state index in [9.17, 15) is 4.21 Å². The van der Waals surface area contributed by atoms with Crippen molar-refractivity contribution in [1.82, 2.24) is 5.32 Å². The topological polar surface area (TPSA) is 38.3 Å². The molecule has 12 heavy (non-hydrogen) atoms. The van der Waals surface area contributed by atoms with Gasteiger partial charge in [-0.05, 0) is 19.9 Å². The number of ether oxygens (including phenoxy) is 1. The van der Waals surface area contributed by atoms with Gasteiger partial charge in [-0.15, -0.1) is 0 Å². The Kier molecular flexibility index (Phi) is 7.75. The second-order valence-electron chi connectivity index (χ2n) is 2.94. The molecule has 0 aliphatic carbocycles. The zero-order chi connectivity index (χ0) is 9.40. The Bertz CT molecular complexity index is 130. The van der Waals surface area contributed by atoms with Crippen LogP contribution in [-0.2, 0) is 15.5 Å². The summed E-state index contributed by atoms with van der Waals surface area (Å²) in [5.41, 5.74) is 0. The van der Waals surface area contributed by atoms with E-state index in [2.05, 4.69) is 5.32 Å². The summed E-state index contributed by atoms with van der Waals surface area (Å²) in [6.07, 6.45) is 2.74. The van der Waals surface area contributed by atoms with E-state index in [-0.39, 0.29) is 0 Å². The maximum absolute atomic E-state index is 10.8. The molecule has 2 unspecified atom stereocenters. The minimum absolute atomic E-state index is 0.340. The summed E-state index contributed by atoms with van der Waals surface area (Å²) in [5, 5.41) is 3.28. The Labute approximate surface area is 77.3 Å². The van der Waals surface area contributed by atoms with E-state index in [1.165, 1.54) is 0 Å². The highest BCUT2D eigenvalue weighted by molar-refractivity contribution is 7.84. The van der Waals surface area contributed by atoms with Gasteiger partial charge in [0, 0.05) is 42.6 Å². The zero-order valence-electron chi connectivity index (χ0n) is 8.13. The van der Waals surface area contributed by atoms with Crippen LogP contribution in [0, 0.1) is 0 Å². The molecule has 0 fully saturated rings. The van der Waals surface area contributed by atoms with E-state index in [0.29, 0.717) is 6.04 Å². The molecule has 2 atom stereocenters. The third-order valence-corrected chi connectivity index (χ3v) is 2.47. The van der Waals surface area contributed by atoms with Gasteiger partial charge in [-0.25, -0.2) is 0 Å². The highest BCUT2D eigenvalue weighted by atomic mass is 32.2. The predicted molar refractivity (Wildman–Crippen MR) is 52.9 cm³/mol. The molecule has 0 aromatic heterocycles. The summed E-state index contributed by atoms with van der Waals surface area (Å²) in [4.78, 5) is 0. The molecule has 0 aromatic carbocycles. The van der Waals surface area contributed by atoms with Crippen LogP contribution in [0.5, 0.6) is 0 Å². The molecule has 74 valence electrons. The van der Waals surface area contributed by atoms with Gasteiger partial charge in [0.05, 0.1) is 0 Å². The molecule has 0 saturated carbocycles. The second kappa shape index (κ2) is 7.71. The third-order valence-electron chi connectivity index (χ3n) is 1.50. The Morgan fingerprint density at radius 1 is 1.58 bits per heavy atom. The standard InChI is InChI=1S/C8H19NO2S/c1-8(7-12(3)10)9-5-4-6-11-2/h8-9H,4-7H2,1-3H3. The summed E-state index contributed by atoms with van der Waals surface area (Å²) in [5.74, 6) is 0.729. The first-order valence-electron chi connectivity index (χ1n) is 4.19. The van der Waals surface area contributed by atoms with Gasteiger partial charge in [0.2, 0.25) is 0 Å². The first-order chi connectivity index (χ1) is 5.66. The van der Waals surface area contributed by atoms with Crippen LogP contribution < -0.4 is 5.32 Å². The molecule has 0 spiro atoms. The van der Waals surface area contributed by atoms with E-state index in [1.54, 1.807) is 13.4 Å². The lowest BCUT2D eigenvalue weighted by Gasteiger charge is -2.11. The lowest BCUT2D eigenvalue weighted by molar-refractivity contribution is 0.193. The molecule has 0 heterocycles. The minimum Gasteiger partial charge on any atom is -0.385 e. The number of hydrogen-bond acceptors (Lipinski definition) is 3. The Morgan fingerprint density at radius 2 is 2.25 bits per heavy atom. The SMILES string of the molecule is COCCCNC(C)CS(C)=O. The molecular formula is C8H19NO2S. The molecule has 1 N–H and O–H groups in total. The molecule has 0 aromatic rings. The van der Waals surface area contributed by atoms with Crippen LogP contribution >= 0.6 is 0 Å². The number of rotatable bonds is 7. The van der Waals surface area contributed by atoms with E-state index >= 15 is 0 Å². The molecule has 0 radical (unpaired) electrons. The first-order valence-corrected chi connectivity index (χ1v) is 5.92. The number of methoxy groups -OCH3 is 1.